The molecule has 0 fully saturated rings. The molecule has 2 heterocycles. The number of hydrogen-bond acceptors (Lipinski definition) is 6. The van der Waals surface area contributed by atoms with E-state index in [1.54, 1.807) is 18.2 Å². The van der Waals surface area contributed by atoms with E-state index in [1.807, 2.05) is 18.2 Å². The zero-order valence-electron chi connectivity index (χ0n) is 12.8. The lowest BCUT2D eigenvalue weighted by Crippen LogP contribution is -2.24. The van der Waals surface area contributed by atoms with Gasteiger partial charge in [0, 0.05) is 11.6 Å². The number of fused-ring (bicyclic) bond motifs is 1. The lowest BCUT2D eigenvalue weighted by molar-refractivity contribution is 0.0950. The van der Waals surface area contributed by atoms with Gasteiger partial charge in [0.15, 0.2) is 11.5 Å². The first kappa shape index (κ1) is 15.4. The van der Waals surface area contributed by atoms with Crippen LogP contribution in [-0.4, -0.2) is 32.9 Å². The zero-order valence-corrected chi connectivity index (χ0v) is 13.6. The lowest BCUT2D eigenvalue weighted by Gasteiger charge is -2.10. The number of ether oxygens (including phenoxy) is 2. The summed E-state index contributed by atoms with van der Waals surface area (Å²) >= 11 is 6.03. The molecule has 8 nitrogen and oxygen atoms in total. The van der Waals surface area contributed by atoms with Crippen LogP contribution in [0.15, 0.2) is 42.7 Å². The lowest BCUT2D eigenvalue weighted by atomic mass is 10.1. The summed E-state index contributed by atoms with van der Waals surface area (Å²) in [7, 11) is 0. The molecule has 0 saturated heterocycles. The van der Waals surface area contributed by atoms with Crippen molar-refractivity contribution in [2.75, 3.05) is 6.79 Å². The molecule has 0 saturated carbocycles. The molecule has 1 aromatic heterocycles. The fourth-order valence-electron chi connectivity index (χ4n) is 2.49. The van der Waals surface area contributed by atoms with E-state index in [9.17, 15) is 4.79 Å². The molecule has 2 aromatic carbocycles. The number of carbonyl (C=O) groups is 1. The maximum Gasteiger partial charge on any atom is 0.253 e. The highest BCUT2D eigenvalue weighted by Crippen LogP contribution is 2.32. The molecule has 0 radical (unpaired) electrons. The van der Waals surface area contributed by atoms with Crippen molar-refractivity contribution in [2.45, 2.75) is 6.54 Å². The number of rotatable bonds is 4. The minimum absolute atomic E-state index is 0.211. The fraction of sp³-hybridized carbons (Fsp3) is 0.125. The van der Waals surface area contributed by atoms with Crippen molar-refractivity contribution in [1.82, 2.24) is 25.5 Å². The number of amides is 1. The molecular weight excluding hydrogens is 346 g/mol. The summed E-state index contributed by atoms with van der Waals surface area (Å²) in [6, 6.07) is 10.5. The van der Waals surface area contributed by atoms with E-state index in [0.29, 0.717) is 34.3 Å². The smallest absolute Gasteiger partial charge is 0.253 e. The second-order valence-electron chi connectivity index (χ2n) is 5.29. The Morgan fingerprint density at radius 1 is 1.20 bits per heavy atom. The minimum Gasteiger partial charge on any atom is -0.454 e. The van der Waals surface area contributed by atoms with Gasteiger partial charge in [-0.05, 0) is 46.3 Å². The standard InChI is InChI=1S/C16H12ClN5O3/c17-11-2-3-13(22-8-19-20-21-22)12(6-11)16(23)18-7-10-1-4-14-15(5-10)25-9-24-14/h1-6,8H,7,9H2,(H,18,23). The Hall–Kier alpha value is -3.13. The normalized spacial score (nSPS) is 12.2. The van der Waals surface area contributed by atoms with Crippen LogP contribution < -0.4 is 14.8 Å². The van der Waals surface area contributed by atoms with E-state index >= 15 is 0 Å². The topological polar surface area (TPSA) is 91.2 Å². The highest BCUT2D eigenvalue weighted by Gasteiger charge is 2.16. The highest BCUT2D eigenvalue weighted by atomic mass is 35.5. The Morgan fingerprint density at radius 3 is 2.92 bits per heavy atom. The molecule has 0 aliphatic carbocycles. The summed E-state index contributed by atoms with van der Waals surface area (Å²) in [5.74, 6) is 1.08. The number of benzene rings is 2. The predicted octanol–water partition coefficient (Wildman–Crippen LogP) is 1.97. The van der Waals surface area contributed by atoms with Crippen LogP contribution in [-0.2, 0) is 6.54 Å². The van der Waals surface area contributed by atoms with Gasteiger partial charge in [-0.25, -0.2) is 0 Å². The first-order valence-electron chi connectivity index (χ1n) is 7.40. The number of nitrogens with one attached hydrogen (secondary N) is 1. The van der Waals surface area contributed by atoms with Gasteiger partial charge in [0.1, 0.15) is 6.33 Å². The van der Waals surface area contributed by atoms with Crippen LogP contribution in [0.2, 0.25) is 5.02 Å². The largest absolute Gasteiger partial charge is 0.454 e. The van der Waals surface area contributed by atoms with Gasteiger partial charge in [0.2, 0.25) is 6.79 Å². The molecule has 1 aliphatic rings. The zero-order chi connectivity index (χ0) is 17.2. The van der Waals surface area contributed by atoms with Gasteiger partial charge in [0.25, 0.3) is 5.91 Å². The molecule has 1 N–H and O–H groups in total. The fourth-order valence-corrected chi connectivity index (χ4v) is 2.66. The van der Waals surface area contributed by atoms with Crippen LogP contribution in [0.5, 0.6) is 11.5 Å². The Balaban J connectivity index is 1.54. The molecule has 0 atom stereocenters. The molecule has 126 valence electrons. The first-order chi connectivity index (χ1) is 12.2. The summed E-state index contributed by atoms with van der Waals surface area (Å²) in [4.78, 5) is 12.6. The van der Waals surface area contributed by atoms with Crippen LogP contribution in [0.1, 0.15) is 15.9 Å². The highest BCUT2D eigenvalue weighted by molar-refractivity contribution is 6.31. The van der Waals surface area contributed by atoms with Gasteiger partial charge < -0.3 is 14.8 Å². The average Bonchev–Trinajstić information content (AvgIpc) is 3.30. The Bertz CT molecular complexity index is 930. The quantitative estimate of drug-likeness (QED) is 0.767. The molecule has 0 bridgehead atoms. The number of nitrogens with zero attached hydrogens (tertiary/aromatic N) is 4. The van der Waals surface area contributed by atoms with Gasteiger partial charge in [-0.15, -0.1) is 5.10 Å². The third-order valence-corrected chi connectivity index (χ3v) is 3.92. The third-order valence-electron chi connectivity index (χ3n) is 3.69. The second kappa shape index (κ2) is 6.40. The second-order valence-corrected chi connectivity index (χ2v) is 5.72. The molecule has 0 spiro atoms. The third kappa shape index (κ3) is 3.11. The number of carbonyl (C=O) groups excluding carboxylic acids is 1. The molecule has 4 rings (SSSR count). The maximum absolute atomic E-state index is 12.6. The summed E-state index contributed by atoms with van der Waals surface area (Å²) < 4.78 is 12.0. The summed E-state index contributed by atoms with van der Waals surface area (Å²) in [6.45, 7) is 0.542. The molecule has 0 unspecified atom stereocenters. The SMILES string of the molecule is O=C(NCc1ccc2c(c1)OCO2)c1cc(Cl)ccc1-n1cnnn1. The number of tetrazole rings is 1. The van der Waals surface area contributed by atoms with E-state index in [1.165, 1.54) is 11.0 Å². The van der Waals surface area contributed by atoms with E-state index in [2.05, 4.69) is 20.8 Å². The Kier molecular flexibility index (Phi) is 3.95. The van der Waals surface area contributed by atoms with Crippen molar-refractivity contribution in [1.29, 1.82) is 0 Å². The van der Waals surface area contributed by atoms with Crippen LogP contribution in [0.3, 0.4) is 0 Å². The molecule has 1 aliphatic heterocycles. The van der Waals surface area contributed by atoms with Crippen molar-refractivity contribution >= 4 is 17.5 Å². The molecule has 9 heteroatoms. The van der Waals surface area contributed by atoms with Crippen molar-refractivity contribution in [2.24, 2.45) is 0 Å². The molecule has 3 aromatic rings. The van der Waals surface area contributed by atoms with Crippen LogP contribution >= 0.6 is 11.6 Å². The van der Waals surface area contributed by atoms with E-state index in [0.717, 1.165) is 5.56 Å². The maximum atomic E-state index is 12.6. The van der Waals surface area contributed by atoms with E-state index in [4.69, 9.17) is 21.1 Å². The predicted molar refractivity (Wildman–Crippen MR) is 87.9 cm³/mol. The number of hydrogen-bond donors (Lipinski definition) is 1. The van der Waals surface area contributed by atoms with Gasteiger partial charge >= 0.3 is 0 Å². The summed E-state index contributed by atoms with van der Waals surface area (Å²) in [5.41, 5.74) is 1.81. The monoisotopic (exact) mass is 357 g/mol. The minimum atomic E-state index is -0.286. The van der Waals surface area contributed by atoms with Crippen LogP contribution in [0, 0.1) is 0 Å². The molecular formula is C16H12ClN5O3. The molecule has 25 heavy (non-hydrogen) atoms. The van der Waals surface area contributed by atoms with Gasteiger partial charge in [-0.2, -0.15) is 4.68 Å². The van der Waals surface area contributed by atoms with Gasteiger partial charge in [-0.1, -0.05) is 17.7 Å². The van der Waals surface area contributed by atoms with Gasteiger partial charge in [-0.3, -0.25) is 4.79 Å². The van der Waals surface area contributed by atoms with Gasteiger partial charge in [0.05, 0.1) is 11.3 Å². The van der Waals surface area contributed by atoms with Crippen molar-refractivity contribution in [3.63, 3.8) is 0 Å². The average molecular weight is 358 g/mol. The Labute approximate surface area is 147 Å². The first-order valence-corrected chi connectivity index (χ1v) is 7.78. The van der Waals surface area contributed by atoms with Crippen LogP contribution in [0.4, 0.5) is 0 Å². The van der Waals surface area contributed by atoms with Crippen LogP contribution in [0.25, 0.3) is 5.69 Å². The summed E-state index contributed by atoms with van der Waals surface area (Å²) in [6.07, 6.45) is 1.41. The van der Waals surface area contributed by atoms with E-state index < -0.39 is 0 Å². The number of halogens is 1. The van der Waals surface area contributed by atoms with Crippen molar-refractivity contribution < 1.29 is 14.3 Å². The Morgan fingerprint density at radius 2 is 2.08 bits per heavy atom. The summed E-state index contributed by atoms with van der Waals surface area (Å²) in [5, 5.41) is 14.3. The molecule has 1 amide bonds. The number of aromatic nitrogens is 4. The van der Waals surface area contributed by atoms with Crippen molar-refractivity contribution in [3.8, 4) is 17.2 Å². The van der Waals surface area contributed by atoms with E-state index in [-0.39, 0.29) is 12.7 Å². The van der Waals surface area contributed by atoms with Crippen molar-refractivity contribution in [3.05, 3.63) is 58.9 Å².